The number of carbonyl (C=O) groups excluding carboxylic acids is 2. The molecule has 0 saturated heterocycles. The van der Waals surface area contributed by atoms with Crippen molar-refractivity contribution in [2.75, 3.05) is 13.1 Å². The molecule has 0 heterocycles. The number of nitrogens with two attached hydrogens (primary N) is 1. The third-order valence-electron chi connectivity index (χ3n) is 3.33. The van der Waals surface area contributed by atoms with Gasteiger partial charge in [0, 0.05) is 6.92 Å². The van der Waals surface area contributed by atoms with Crippen LogP contribution in [-0.4, -0.2) is 36.9 Å². The fourth-order valence-electron chi connectivity index (χ4n) is 2.31. The molecule has 0 aliphatic heterocycles. The molecule has 1 fully saturated rings. The second-order valence-electron chi connectivity index (χ2n) is 5.00. The Labute approximate surface area is 123 Å². The van der Waals surface area contributed by atoms with Crippen LogP contribution in [-0.2, 0) is 9.59 Å². The largest absolute Gasteiger partial charge is 0.348 e. The Morgan fingerprint density at radius 3 is 2.35 bits per heavy atom. The number of hydrogen-bond donors (Lipinski definition) is 3. The Morgan fingerprint density at radius 2 is 1.90 bits per heavy atom. The van der Waals surface area contributed by atoms with Gasteiger partial charge in [0.25, 0.3) is 5.92 Å². The molecule has 1 unspecified atom stereocenters. The summed E-state index contributed by atoms with van der Waals surface area (Å²) < 4.78 is 26.0. The highest BCUT2D eigenvalue weighted by Crippen LogP contribution is 2.28. The average molecular weight is 314 g/mol. The van der Waals surface area contributed by atoms with Gasteiger partial charge in [-0.2, -0.15) is 0 Å². The quantitative estimate of drug-likeness (QED) is 0.678. The average Bonchev–Trinajstić information content (AvgIpc) is 2.86. The normalized spacial score (nSPS) is 17.2. The number of hydrogen-bond acceptors (Lipinski definition) is 3. The summed E-state index contributed by atoms with van der Waals surface area (Å²) in [7, 11) is 0. The van der Waals surface area contributed by atoms with Crippen LogP contribution in [0.1, 0.15) is 32.6 Å². The van der Waals surface area contributed by atoms with Crippen LogP contribution < -0.4 is 16.4 Å². The molecule has 0 radical (unpaired) electrons. The topological polar surface area (TPSA) is 84.2 Å². The summed E-state index contributed by atoms with van der Waals surface area (Å²) in [6.45, 7) is -0.309. The number of carbonyl (C=O) groups is 2. The summed E-state index contributed by atoms with van der Waals surface area (Å²) >= 11 is 0. The first-order valence-electron chi connectivity index (χ1n) is 6.48. The van der Waals surface area contributed by atoms with Gasteiger partial charge in [-0.1, -0.05) is 12.8 Å². The Kier molecular flexibility index (Phi) is 7.96. The number of amides is 2. The summed E-state index contributed by atoms with van der Waals surface area (Å²) in [6, 6.07) is -0.728. The zero-order chi connectivity index (χ0) is 14.5. The van der Waals surface area contributed by atoms with Crippen LogP contribution in [0.25, 0.3) is 0 Å². The molecule has 0 aromatic rings. The second kappa shape index (κ2) is 8.36. The van der Waals surface area contributed by atoms with Crippen molar-refractivity contribution in [2.45, 2.75) is 44.6 Å². The van der Waals surface area contributed by atoms with Crippen molar-refractivity contribution in [3.8, 4) is 0 Å². The summed E-state index contributed by atoms with van der Waals surface area (Å²) in [5, 5.41) is 4.72. The molecule has 1 aliphatic carbocycles. The zero-order valence-corrected chi connectivity index (χ0v) is 12.3. The van der Waals surface area contributed by atoms with Crippen LogP contribution >= 0.6 is 12.4 Å². The molecule has 4 N–H and O–H groups in total. The molecule has 0 spiro atoms. The van der Waals surface area contributed by atoms with Crippen LogP contribution in [0.4, 0.5) is 8.78 Å². The molecular formula is C12H22ClF2N3O2. The second-order valence-corrected chi connectivity index (χ2v) is 5.00. The molecule has 5 nitrogen and oxygen atoms in total. The molecule has 1 saturated carbocycles. The van der Waals surface area contributed by atoms with E-state index < -0.39 is 31.0 Å². The van der Waals surface area contributed by atoms with Crippen molar-refractivity contribution in [3.05, 3.63) is 0 Å². The maximum atomic E-state index is 13.0. The standard InChI is InChI=1S/C12H21F2N3O2.ClH/c1-8(18)17-10(9-4-2-3-5-9)11(19)16-7-12(13,14)6-15;/h9-10H,2-7,15H2,1H3,(H,16,19)(H,17,18);1H. The number of nitrogens with one attached hydrogen (secondary N) is 2. The summed E-state index contributed by atoms with van der Waals surface area (Å²) in [5.74, 6) is -3.99. The van der Waals surface area contributed by atoms with Gasteiger partial charge in [0.15, 0.2) is 0 Å². The van der Waals surface area contributed by atoms with E-state index in [1.807, 2.05) is 0 Å². The molecule has 2 amide bonds. The van der Waals surface area contributed by atoms with Crippen LogP contribution in [0.15, 0.2) is 0 Å². The lowest BCUT2D eigenvalue weighted by Crippen LogP contribution is -2.52. The number of alkyl halides is 2. The smallest absolute Gasteiger partial charge is 0.277 e. The van der Waals surface area contributed by atoms with Crippen molar-refractivity contribution >= 4 is 24.2 Å². The molecular weight excluding hydrogens is 292 g/mol. The predicted octanol–water partition coefficient (Wildman–Crippen LogP) is 0.813. The van der Waals surface area contributed by atoms with Gasteiger partial charge in [0.05, 0.1) is 13.1 Å². The highest BCUT2D eigenvalue weighted by Gasteiger charge is 2.33. The maximum absolute atomic E-state index is 13.0. The highest BCUT2D eigenvalue weighted by molar-refractivity contribution is 5.87. The van der Waals surface area contributed by atoms with Gasteiger partial charge in [-0.15, -0.1) is 12.4 Å². The van der Waals surface area contributed by atoms with Gasteiger partial charge in [0.1, 0.15) is 6.04 Å². The zero-order valence-electron chi connectivity index (χ0n) is 11.5. The molecule has 1 rings (SSSR count). The van der Waals surface area contributed by atoms with E-state index in [1.165, 1.54) is 6.92 Å². The van der Waals surface area contributed by atoms with Crippen molar-refractivity contribution in [1.29, 1.82) is 0 Å². The van der Waals surface area contributed by atoms with Gasteiger partial charge in [0.2, 0.25) is 11.8 Å². The minimum absolute atomic E-state index is 0. The van der Waals surface area contributed by atoms with E-state index in [4.69, 9.17) is 5.73 Å². The van der Waals surface area contributed by atoms with Crippen LogP contribution in [0.2, 0.25) is 0 Å². The van der Waals surface area contributed by atoms with E-state index in [1.54, 1.807) is 0 Å². The monoisotopic (exact) mass is 313 g/mol. The SMILES string of the molecule is CC(=O)NC(C(=O)NCC(F)(F)CN)C1CCCC1.Cl. The molecule has 1 atom stereocenters. The molecule has 0 aromatic carbocycles. The first kappa shape index (κ1) is 19.1. The fraction of sp³-hybridized carbons (Fsp3) is 0.833. The summed E-state index contributed by atoms with van der Waals surface area (Å²) in [6.07, 6.45) is 3.64. The predicted molar refractivity (Wildman–Crippen MR) is 73.8 cm³/mol. The lowest BCUT2D eigenvalue weighted by atomic mass is 9.97. The third-order valence-corrected chi connectivity index (χ3v) is 3.33. The summed E-state index contributed by atoms with van der Waals surface area (Å²) in [4.78, 5) is 23.0. The Morgan fingerprint density at radius 1 is 1.35 bits per heavy atom. The molecule has 118 valence electrons. The van der Waals surface area contributed by atoms with Crippen LogP contribution in [0.5, 0.6) is 0 Å². The molecule has 0 bridgehead atoms. The van der Waals surface area contributed by atoms with Gasteiger partial charge in [-0.3, -0.25) is 9.59 Å². The minimum atomic E-state index is -3.12. The van der Waals surface area contributed by atoms with Gasteiger partial charge in [-0.25, -0.2) is 8.78 Å². The first-order chi connectivity index (χ1) is 8.85. The van der Waals surface area contributed by atoms with Gasteiger partial charge < -0.3 is 16.4 Å². The van der Waals surface area contributed by atoms with Crippen molar-refractivity contribution < 1.29 is 18.4 Å². The van der Waals surface area contributed by atoms with Gasteiger partial charge >= 0.3 is 0 Å². The Hall–Kier alpha value is -0.950. The van der Waals surface area contributed by atoms with Crippen LogP contribution in [0, 0.1) is 5.92 Å². The first-order valence-corrected chi connectivity index (χ1v) is 6.48. The van der Waals surface area contributed by atoms with E-state index in [9.17, 15) is 18.4 Å². The molecule has 8 heteroatoms. The lowest BCUT2D eigenvalue weighted by molar-refractivity contribution is -0.130. The highest BCUT2D eigenvalue weighted by atomic mass is 35.5. The van der Waals surface area contributed by atoms with E-state index in [2.05, 4.69) is 10.6 Å². The molecule has 20 heavy (non-hydrogen) atoms. The van der Waals surface area contributed by atoms with Crippen molar-refractivity contribution in [2.24, 2.45) is 11.7 Å². The molecule has 0 aromatic heterocycles. The number of rotatable bonds is 6. The lowest BCUT2D eigenvalue weighted by Gasteiger charge is -2.24. The van der Waals surface area contributed by atoms with Gasteiger partial charge in [-0.05, 0) is 18.8 Å². The van der Waals surface area contributed by atoms with E-state index >= 15 is 0 Å². The van der Waals surface area contributed by atoms with Crippen molar-refractivity contribution in [3.63, 3.8) is 0 Å². The van der Waals surface area contributed by atoms with E-state index in [0.29, 0.717) is 0 Å². The summed E-state index contributed by atoms with van der Waals surface area (Å²) in [5.41, 5.74) is 4.90. The van der Waals surface area contributed by atoms with E-state index in [0.717, 1.165) is 25.7 Å². The molecule has 1 aliphatic rings. The Balaban J connectivity index is 0.00000361. The van der Waals surface area contributed by atoms with E-state index in [-0.39, 0.29) is 24.2 Å². The van der Waals surface area contributed by atoms with Crippen LogP contribution in [0.3, 0.4) is 0 Å². The third kappa shape index (κ3) is 6.00. The Bertz CT molecular complexity index is 337. The minimum Gasteiger partial charge on any atom is -0.348 e. The fourth-order valence-corrected chi connectivity index (χ4v) is 2.31. The maximum Gasteiger partial charge on any atom is 0.277 e. The number of halogens is 3. The van der Waals surface area contributed by atoms with Crippen molar-refractivity contribution in [1.82, 2.24) is 10.6 Å².